The van der Waals surface area contributed by atoms with Gasteiger partial charge in [-0.2, -0.15) is 4.98 Å². The molecule has 0 bridgehead atoms. The van der Waals surface area contributed by atoms with E-state index in [1.807, 2.05) is 4.57 Å². The molecule has 1 N–H and O–H groups in total. The summed E-state index contributed by atoms with van der Waals surface area (Å²) in [7, 11) is 1.58. The van der Waals surface area contributed by atoms with Gasteiger partial charge in [-0.15, -0.1) is 0 Å². The van der Waals surface area contributed by atoms with Crippen LogP contribution in [0.4, 0.5) is 0 Å². The lowest BCUT2D eigenvalue weighted by Crippen LogP contribution is -2.04. The average Bonchev–Trinajstić information content (AvgIpc) is 2.78. The first-order chi connectivity index (χ1) is 9.77. The number of hydrogen-bond acceptors (Lipinski definition) is 5. The molecule has 6 nitrogen and oxygen atoms in total. The van der Waals surface area contributed by atoms with Crippen LogP contribution in [0.1, 0.15) is 26.2 Å². The van der Waals surface area contributed by atoms with Gasteiger partial charge in [0.15, 0.2) is 10.4 Å². The van der Waals surface area contributed by atoms with E-state index in [0.29, 0.717) is 10.7 Å². The first-order valence-corrected chi connectivity index (χ1v) is 7.24. The Morgan fingerprint density at radius 3 is 2.85 bits per heavy atom. The molecule has 0 aliphatic carbocycles. The normalized spacial score (nSPS) is 11.1. The Bertz CT molecular complexity index is 608. The van der Waals surface area contributed by atoms with E-state index in [9.17, 15) is 0 Å². The minimum Gasteiger partial charge on any atom is -0.479 e. The molecule has 0 aromatic carbocycles. The number of H-pyrrole nitrogens is 1. The third-order valence-corrected chi connectivity index (χ3v) is 3.35. The molecule has 7 heteroatoms. The summed E-state index contributed by atoms with van der Waals surface area (Å²) in [5.74, 6) is 0.513. The molecule has 20 heavy (non-hydrogen) atoms. The van der Waals surface area contributed by atoms with Gasteiger partial charge in [-0.3, -0.25) is 0 Å². The molecule has 2 heterocycles. The van der Waals surface area contributed by atoms with Crippen molar-refractivity contribution in [2.75, 3.05) is 20.3 Å². The smallest absolute Gasteiger partial charge is 0.242 e. The molecule has 0 unspecified atom stereocenters. The number of aromatic nitrogens is 4. The van der Waals surface area contributed by atoms with E-state index in [1.165, 1.54) is 6.33 Å². The summed E-state index contributed by atoms with van der Waals surface area (Å²) < 4.78 is 13.3. The molecule has 0 saturated carbocycles. The van der Waals surface area contributed by atoms with E-state index in [1.54, 1.807) is 7.11 Å². The highest BCUT2D eigenvalue weighted by Gasteiger charge is 2.10. The summed E-state index contributed by atoms with van der Waals surface area (Å²) in [4.78, 5) is 11.4. The van der Waals surface area contributed by atoms with Crippen molar-refractivity contribution in [3.8, 4) is 5.88 Å². The van der Waals surface area contributed by atoms with E-state index in [-0.39, 0.29) is 0 Å². The number of nitrogens with zero attached hydrogens (tertiary/aromatic N) is 3. The van der Waals surface area contributed by atoms with Crippen LogP contribution in [0.3, 0.4) is 0 Å². The third kappa shape index (κ3) is 3.34. The average molecular weight is 296 g/mol. The highest BCUT2D eigenvalue weighted by molar-refractivity contribution is 7.71. The zero-order valence-electron chi connectivity index (χ0n) is 11.9. The fraction of sp³-hybridized carbons (Fsp3) is 0.615. The van der Waals surface area contributed by atoms with Gasteiger partial charge < -0.3 is 19.0 Å². The van der Waals surface area contributed by atoms with Crippen LogP contribution < -0.4 is 4.74 Å². The maximum atomic E-state index is 5.55. The maximum Gasteiger partial charge on any atom is 0.242 e. The molecule has 0 fully saturated rings. The Morgan fingerprint density at radius 2 is 2.10 bits per heavy atom. The second kappa shape index (κ2) is 7.35. The largest absolute Gasteiger partial charge is 0.479 e. The summed E-state index contributed by atoms with van der Waals surface area (Å²) in [5, 5.41) is 0. The SMILES string of the molecule is CCCCOCCCn1c(=S)[nH]c2c(OC)ncnc21. The zero-order chi connectivity index (χ0) is 14.4. The topological polar surface area (TPSA) is 65.0 Å². The van der Waals surface area contributed by atoms with Crippen molar-refractivity contribution >= 4 is 23.4 Å². The van der Waals surface area contributed by atoms with Crippen molar-refractivity contribution in [2.24, 2.45) is 0 Å². The molecule has 2 rings (SSSR count). The monoisotopic (exact) mass is 296 g/mol. The van der Waals surface area contributed by atoms with Crippen molar-refractivity contribution in [3.05, 3.63) is 11.1 Å². The van der Waals surface area contributed by atoms with Crippen LogP contribution in [-0.2, 0) is 11.3 Å². The maximum absolute atomic E-state index is 5.55. The minimum atomic E-state index is 0.513. The summed E-state index contributed by atoms with van der Waals surface area (Å²) in [6, 6.07) is 0. The predicted molar refractivity (Wildman–Crippen MR) is 79.6 cm³/mol. The quantitative estimate of drug-likeness (QED) is 0.599. The third-order valence-electron chi connectivity index (χ3n) is 3.03. The van der Waals surface area contributed by atoms with Gasteiger partial charge in [-0.25, -0.2) is 4.98 Å². The molecular weight excluding hydrogens is 276 g/mol. The molecule has 0 radical (unpaired) electrons. The molecule has 0 saturated heterocycles. The lowest BCUT2D eigenvalue weighted by atomic mass is 10.3. The van der Waals surface area contributed by atoms with Crippen molar-refractivity contribution in [1.82, 2.24) is 19.5 Å². The molecular formula is C13H20N4O2S. The Kier molecular flexibility index (Phi) is 5.49. The van der Waals surface area contributed by atoms with Crippen LogP contribution in [0, 0.1) is 4.77 Å². The Morgan fingerprint density at radius 1 is 1.30 bits per heavy atom. The lowest BCUT2D eigenvalue weighted by molar-refractivity contribution is 0.126. The predicted octanol–water partition coefficient (Wildman–Crippen LogP) is 2.70. The van der Waals surface area contributed by atoms with Gasteiger partial charge in [-0.1, -0.05) is 13.3 Å². The molecule has 0 aliphatic rings. The molecule has 0 aliphatic heterocycles. The fourth-order valence-corrected chi connectivity index (χ4v) is 2.26. The fourth-order valence-electron chi connectivity index (χ4n) is 1.98. The van der Waals surface area contributed by atoms with Crippen LogP contribution in [0.5, 0.6) is 5.88 Å². The zero-order valence-corrected chi connectivity index (χ0v) is 12.7. The second-order valence-corrected chi connectivity index (χ2v) is 4.87. The highest BCUT2D eigenvalue weighted by Crippen LogP contribution is 2.20. The number of aryl methyl sites for hydroxylation is 1. The van der Waals surface area contributed by atoms with Crippen LogP contribution in [0.15, 0.2) is 6.33 Å². The second-order valence-electron chi connectivity index (χ2n) is 4.48. The number of rotatable bonds is 8. The van der Waals surface area contributed by atoms with Gasteiger partial charge >= 0.3 is 0 Å². The van der Waals surface area contributed by atoms with Crippen LogP contribution in [0.2, 0.25) is 0 Å². The van der Waals surface area contributed by atoms with Crippen molar-refractivity contribution < 1.29 is 9.47 Å². The van der Waals surface area contributed by atoms with Crippen LogP contribution in [-0.4, -0.2) is 39.8 Å². The highest BCUT2D eigenvalue weighted by atomic mass is 32.1. The van der Waals surface area contributed by atoms with E-state index < -0.39 is 0 Å². The van der Waals surface area contributed by atoms with Crippen LogP contribution in [0.25, 0.3) is 11.2 Å². The summed E-state index contributed by atoms with van der Waals surface area (Å²) in [6.07, 6.45) is 4.65. The first-order valence-electron chi connectivity index (χ1n) is 6.83. The number of unbranched alkanes of at least 4 members (excludes halogenated alkanes) is 1. The van der Waals surface area contributed by atoms with Gasteiger partial charge in [0.1, 0.15) is 11.8 Å². The van der Waals surface area contributed by atoms with E-state index in [0.717, 1.165) is 50.2 Å². The molecule has 0 spiro atoms. The van der Waals surface area contributed by atoms with Gasteiger partial charge in [0.2, 0.25) is 5.88 Å². The lowest BCUT2D eigenvalue weighted by Gasteiger charge is -2.05. The molecule has 0 amide bonds. The number of imidazole rings is 1. The van der Waals surface area contributed by atoms with Crippen LogP contribution >= 0.6 is 12.2 Å². The Hall–Kier alpha value is -1.47. The summed E-state index contributed by atoms with van der Waals surface area (Å²) in [6.45, 7) is 4.48. The van der Waals surface area contributed by atoms with Gasteiger partial charge in [-0.05, 0) is 25.1 Å². The first kappa shape index (κ1) is 14.9. The van der Waals surface area contributed by atoms with E-state index in [2.05, 4.69) is 21.9 Å². The Balaban J connectivity index is 2.03. The number of hydrogen-bond donors (Lipinski definition) is 1. The molecule has 2 aromatic heterocycles. The van der Waals surface area contributed by atoms with E-state index in [4.69, 9.17) is 21.7 Å². The van der Waals surface area contributed by atoms with Crippen molar-refractivity contribution in [1.29, 1.82) is 0 Å². The molecule has 2 aromatic rings. The standard InChI is InChI=1S/C13H20N4O2S/c1-3-4-7-19-8-5-6-17-11-10(16-13(17)20)12(18-2)15-9-14-11/h9H,3-8H2,1-2H3,(H,16,20). The van der Waals surface area contributed by atoms with Gasteiger partial charge in [0.05, 0.1) is 7.11 Å². The number of ether oxygens (including phenoxy) is 2. The van der Waals surface area contributed by atoms with Gasteiger partial charge in [0.25, 0.3) is 0 Å². The van der Waals surface area contributed by atoms with Gasteiger partial charge in [0, 0.05) is 19.8 Å². The number of methoxy groups -OCH3 is 1. The molecule has 110 valence electrons. The Labute approximate surface area is 123 Å². The van der Waals surface area contributed by atoms with Crippen molar-refractivity contribution in [2.45, 2.75) is 32.7 Å². The molecule has 0 atom stereocenters. The van der Waals surface area contributed by atoms with E-state index >= 15 is 0 Å². The van der Waals surface area contributed by atoms with Crippen molar-refractivity contribution in [3.63, 3.8) is 0 Å². The number of nitrogens with one attached hydrogen (secondary N) is 1. The minimum absolute atomic E-state index is 0.513. The summed E-state index contributed by atoms with van der Waals surface area (Å²) >= 11 is 5.32. The summed E-state index contributed by atoms with van der Waals surface area (Å²) in [5.41, 5.74) is 1.52. The number of fused-ring (bicyclic) bond motifs is 1. The number of aromatic amines is 1.